The van der Waals surface area contributed by atoms with E-state index in [0.29, 0.717) is 0 Å². The number of rotatable bonds is 0. The predicted octanol–water partition coefficient (Wildman–Crippen LogP) is 0.953. The molecule has 0 saturated carbocycles. The van der Waals surface area contributed by atoms with Crippen LogP contribution in [-0.4, -0.2) is 16.5 Å². The molecule has 2 N–H and O–H groups in total. The van der Waals surface area contributed by atoms with Gasteiger partial charge in [-0.25, -0.2) is 0 Å². The van der Waals surface area contributed by atoms with Gasteiger partial charge in [-0.3, -0.25) is 0 Å². The monoisotopic (exact) mass is 274 g/mol. The van der Waals surface area contributed by atoms with Crippen molar-refractivity contribution in [1.29, 1.82) is 0 Å². The molecular formula is C9H7IO2. The van der Waals surface area contributed by atoms with Gasteiger partial charge in [0.05, 0.1) is 0 Å². The van der Waals surface area contributed by atoms with E-state index in [9.17, 15) is 0 Å². The lowest BCUT2D eigenvalue weighted by molar-refractivity contribution is 0.0108. The van der Waals surface area contributed by atoms with Crippen LogP contribution in [0.15, 0.2) is 24.3 Å². The van der Waals surface area contributed by atoms with Gasteiger partial charge in [-0.2, -0.15) is 0 Å². The second kappa shape index (κ2) is 4.45. The number of aliphatic hydroxyl groups excluding tert-OH is 1. The van der Waals surface area contributed by atoms with Crippen LogP contribution in [0.5, 0.6) is 0 Å². The van der Waals surface area contributed by atoms with E-state index in [4.69, 9.17) is 10.2 Å². The Morgan fingerprint density at radius 1 is 1.17 bits per heavy atom. The van der Waals surface area contributed by atoms with Gasteiger partial charge in [0.2, 0.25) is 6.29 Å². The molecule has 1 aromatic rings. The maximum absolute atomic E-state index is 8.45. The van der Waals surface area contributed by atoms with Crippen LogP contribution >= 0.6 is 22.6 Å². The van der Waals surface area contributed by atoms with Crippen molar-refractivity contribution in [3.63, 3.8) is 0 Å². The Hall–Kier alpha value is -0.570. The quantitative estimate of drug-likeness (QED) is 0.420. The van der Waals surface area contributed by atoms with Gasteiger partial charge in [0.1, 0.15) is 0 Å². The molecule has 0 heterocycles. The summed E-state index contributed by atoms with van der Waals surface area (Å²) in [6.07, 6.45) is -1.55. The molecule has 1 aromatic carbocycles. The van der Waals surface area contributed by atoms with Gasteiger partial charge in [0, 0.05) is 9.13 Å². The highest BCUT2D eigenvalue weighted by Crippen LogP contribution is 2.05. The lowest BCUT2D eigenvalue weighted by Gasteiger charge is -1.91. The van der Waals surface area contributed by atoms with Crippen molar-refractivity contribution in [2.75, 3.05) is 0 Å². The van der Waals surface area contributed by atoms with Gasteiger partial charge in [-0.15, -0.1) is 0 Å². The third-order valence-electron chi connectivity index (χ3n) is 1.19. The Bertz CT molecular complexity index is 306. The van der Waals surface area contributed by atoms with Gasteiger partial charge in [0.15, 0.2) is 0 Å². The molecule has 0 unspecified atom stereocenters. The molecule has 12 heavy (non-hydrogen) atoms. The van der Waals surface area contributed by atoms with Gasteiger partial charge in [-0.1, -0.05) is 5.92 Å². The first-order valence-corrected chi connectivity index (χ1v) is 4.39. The van der Waals surface area contributed by atoms with Crippen molar-refractivity contribution in [2.24, 2.45) is 0 Å². The zero-order valence-corrected chi connectivity index (χ0v) is 8.32. The van der Waals surface area contributed by atoms with Gasteiger partial charge >= 0.3 is 0 Å². The SMILES string of the molecule is OC(O)C#Cc1ccc(I)cc1. The fraction of sp³-hybridized carbons (Fsp3) is 0.111. The molecule has 0 aliphatic rings. The molecule has 0 radical (unpaired) electrons. The van der Waals surface area contributed by atoms with Gasteiger partial charge < -0.3 is 10.2 Å². The van der Waals surface area contributed by atoms with Crippen LogP contribution < -0.4 is 0 Å². The smallest absolute Gasteiger partial charge is 0.217 e. The van der Waals surface area contributed by atoms with E-state index in [0.717, 1.165) is 9.13 Å². The highest BCUT2D eigenvalue weighted by molar-refractivity contribution is 14.1. The first-order chi connectivity index (χ1) is 5.68. The van der Waals surface area contributed by atoms with E-state index >= 15 is 0 Å². The number of hydrogen-bond acceptors (Lipinski definition) is 2. The highest BCUT2D eigenvalue weighted by atomic mass is 127. The maximum Gasteiger partial charge on any atom is 0.217 e. The van der Waals surface area contributed by atoms with Crippen LogP contribution in [0.4, 0.5) is 0 Å². The number of benzene rings is 1. The minimum atomic E-state index is -1.55. The lowest BCUT2D eigenvalue weighted by Crippen LogP contribution is -1.98. The molecule has 0 atom stereocenters. The second-order valence-electron chi connectivity index (χ2n) is 2.15. The average Bonchev–Trinajstić information content (AvgIpc) is 2.03. The summed E-state index contributed by atoms with van der Waals surface area (Å²) in [4.78, 5) is 0. The van der Waals surface area contributed by atoms with Crippen LogP contribution in [0.25, 0.3) is 0 Å². The number of halogens is 1. The summed E-state index contributed by atoms with van der Waals surface area (Å²) >= 11 is 2.19. The second-order valence-corrected chi connectivity index (χ2v) is 3.40. The van der Waals surface area contributed by atoms with Crippen molar-refractivity contribution < 1.29 is 10.2 Å². The van der Waals surface area contributed by atoms with E-state index in [2.05, 4.69) is 34.4 Å². The average molecular weight is 274 g/mol. The molecule has 3 heteroatoms. The molecule has 0 aliphatic heterocycles. The van der Waals surface area contributed by atoms with Crippen molar-refractivity contribution in [2.45, 2.75) is 6.29 Å². The summed E-state index contributed by atoms with van der Waals surface area (Å²) in [5, 5.41) is 16.9. The molecule has 0 fully saturated rings. The first-order valence-electron chi connectivity index (χ1n) is 3.32. The topological polar surface area (TPSA) is 40.5 Å². The first kappa shape index (κ1) is 9.52. The van der Waals surface area contributed by atoms with Crippen molar-refractivity contribution in [1.82, 2.24) is 0 Å². The maximum atomic E-state index is 8.45. The summed E-state index contributed by atoms with van der Waals surface area (Å²) in [5.74, 6) is 4.86. The minimum Gasteiger partial charge on any atom is -0.358 e. The Balaban J connectivity index is 2.79. The predicted molar refractivity (Wildman–Crippen MR) is 54.3 cm³/mol. The molecule has 0 amide bonds. The largest absolute Gasteiger partial charge is 0.358 e. The van der Waals surface area contributed by atoms with Gasteiger partial charge in [0.25, 0.3) is 0 Å². The molecule has 0 aliphatic carbocycles. The van der Waals surface area contributed by atoms with Crippen LogP contribution in [0.1, 0.15) is 5.56 Å². The summed E-state index contributed by atoms with van der Waals surface area (Å²) < 4.78 is 1.13. The highest BCUT2D eigenvalue weighted by Gasteiger charge is 1.88. The van der Waals surface area contributed by atoms with E-state index < -0.39 is 6.29 Å². The fourth-order valence-corrected chi connectivity index (χ4v) is 1.04. The van der Waals surface area contributed by atoms with Crippen LogP contribution in [0, 0.1) is 15.4 Å². The molecule has 0 aromatic heterocycles. The normalized spacial score (nSPS) is 9.33. The van der Waals surface area contributed by atoms with Crippen molar-refractivity contribution in [3.8, 4) is 11.8 Å². The third-order valence-corrected chi connectivity index (χ3v) is 1.91. The summed E-state index contributed by atoms with van der Waals surface area (Å²) in [6, 6.07) is 7.48. The third kappa shape index (κ3) is 3.22. The zero-order chi connectivity index (χ0) is 8.97. The van der Waals surface area contributed by atoms with E-state index in [1.807, 2.05) is 24.3 Å². The van der Waals surface area contributed by atoms with Crippen molar-refractivity contribution >= 4 is 22.6 Å². The van der Waals surface area contributed by atoms with Gasteiger partial charge in [-0.05, 0) is 52.8 Å². The number of aliphatic hydroxyl groups is 2. The molecule has 0 bridgehead atoms. The van der Waals surface area contributed by atoms with Crippen LogP contribution in [-0.2, 0) is 0 Å². The Labute approximate surface area is 84.4 Å². The Morgan fingerprint density at radius 2 is 1.75 bits per heavy atom. The summed E-state index contributed by atoms with van der Waals surface area (Å²) in [7, 11) is 0. The summed E-state index contributed by atoms with van der Waals surface area (Å²) in [6.45, 7) is 0. The molecule has 1 rings (SSSR count). The lowest BCUT2D eigenvalue weighted by atomic mass is 10.2. The Kier molecular flexibility index (Phi) is 3.53. The molecule has 2 nitrogen and oxygen atoms in total. The van der Waals surface area contributed by atoms with Crippen molar-refractivity contribution in [3.05, 3.63) is 33.4 Å². The number of hydrogen-bond donors (Lipinski definition) is 2. The molecule has 62 valence electrons. The Morgan fingerprint density at radius 3 is 2.25 bits per heavy atom. The zero-order valence-electron chi connectivity index (χ0n) is 6.16. The molecular weight excluding hydrogens is 267 g/mol. The van der Waals surface area contributed by atoms with E-state index in [1.54, 1.807) is 0 Å². The van der Waals surface area contributed by atoms with Crippen LogP contribution in [0.2, 0.25) is 0 Å². The molecule has 0 spiro atoms. The minimum absolute atomic E-state index is 0.781. The van der Waals surface area contributed by atoms with E-state index in [-0.39, 0.29) is 0 Å². The molecule has 0 saturated heterocycles. The van der Waals surface area contributed by atoms with E-state index in [1.165, 1.54) is 0 Å². The fourth-order valence-electron chi connectivity index (χ4n) is 0.681. The summed E-state index contributed by atoms with van der Waals surface area (Å²) in [5.41, 5.74) is 0.781. The van der Waals surface area contributed by atoms with Crippen LogP contribution in [0.3, 0.4) is 0 Å². The standard InChI is InChI=1S/C9H7IO2/c10-8-4-1-7(2-5-8)3-6-9(11)12/h1-2,4-5,9,11-12H.